The summed E-state index contributed by atoms with van der Waals surface area (Å²) in [5, 5.41) is 0. The number of hydrogen-bond acceptors (Lipinski definition) is 4. The number of aryl methyl sites for hydroxylation is 1. The zero-order valence-corrected chi connectivity index (χ0v) is 12.8. The van der Waals surface area contributed by atoms with Crippen LogP contribution in [0.1, 0.15) is 15.9 Å². The average Bonchev–Trinajstić information content (AvgIpc) is 2.47. The van der Waals surface area contributed by atoms with Crippen LogP contribution in [0.3, 0.4) is 0 Å². The molecule has 0 saturated carbocycles. The number of benzene rings is 2. The molecule has 2 rings (SSSR count). The van der Waals surface area contributed by atoms with E-state index < -0.39 is 10.1 Å². The predicted molar refractivity (Wildman–Crippen MR) is 80.5 cm³/mol. The zero-order valence-electron chi connectivity index (χ0n) is 11.2. The molecule has 0 unspecified atom stereocenters. The van der Waals surface area contributed by atoms with Crippen LogP contribution in [0, 0.1) is 6.92 Å². The minimum Gasteiger partial charge on any atom is -0.379 e. The van der Waals surface area contributed by atoms with Gasteiger partial charge in [0.25, 0.3) is 0 Å². The van der Waals surface area contributed by atoms with Crippen LogP contribution in [-0.4, -0.2) is 20.1 Å². The molecule has 0 aliphatic rings. The van der Waals surface area contributed by atoms with Gasteiger partial charge in [-0.15, -0.1) is 11.6 Å². The third-order valence-electron chi connectivity index (χ3n) is 2.81. The van der Waals surface area contributed by atoms with Crippen molar-refractivity contribution in [3.05, 3.63) is 59.7 Å². The van der Waals surface area contributed by atoms with Crippen LogP contribution in [0.4, 0.5) is 0 Å². The molecule has 2 aromatic rings. The average molecular weight is 325 g/mol. The summed E-state index contributed by atoms with van der Waals surface area (Å²) in [7, 11) is -3.88. The summed E-state index contributed by atoms with van der Waals surface area (Å²) in [6.07, 6.45) is 0. The third kappa shape index (κ3) is 3.83. The Bertz CT molecular complexity index is 734. The Labute approximate surface area is 128 Å². The highest BCUT2D eigenvalue weighted by molar-refractivity contribution is 7.87. The number of rotatable bonds is 5. The highest BCUT2D eigenvalue weighted by Gasteiger charge is 2.16. The minimum atomic E-state index is -3.88. The number of Topliss-reactive ketones (excluding diaryl/α,β-unsaturated/α-hetero) is 1. The maximum atomic E-state index is 12.1. The fourth-order valence-corrected chi connectivity index (χ4v) is 2.74. The minimum absolute atomic E-state index is 0.0778. The fraction of sp³-hybridized carbons (Fsp3) is 0.133. The molecular formula is C15H13ClO4S. The van der Waals surface area contributed by atoms with Crippen LogP contribution in [0.25, 0.3) is 0 Å². The normalized spacial score (nSPS) is 11.1. The van der Waals surface area contributed by atoms with E-state index in [9.17, 15) is 13.2 Å². The second-order valence-electron chi connectivity index (χ2n) is 4.43. The van der Waals surface area contributed by atoms with Crippen molar-refractivity contribution in [1.29, 1.82) is 0 Å². The number of ketones is 1. The van der Waals surface area contributed by atoms with E-state index in [0.717, 1.165) is 5.56 Å². The molecule has 6 heteroatoms. The number of carbonyl (C=O) groups excluding carboxylic acids is 1. The maximum Gasteiger partial charge on any atom is 0.339 e. The first-order valence-corrected chi connectivity index (χ1v) is 8.07. The molecule has 0 amide bonds. The van der Waals surface area contributed by atoms with Crippen LogP contribution in [0.15, 0.2) is 53.4 Å². The van der Waals surface area contributed by atoms with Crippen LogP contribution >= 0.6 is 11.6 Å². The van der Waals surface area contributed by atoms with Crippen LogP contribution < -0.4 is 4.18 Å². The van der Waals surface area contributed by atoms with Gasteiger partial charge in [-0.2, -0.15) is 8.42 Å². The monoisotopic (exact) mass is 324 g/mol. The Balaban J connectivity index is 2.20. The predicted octanol–water partition coefficient (Wildman–Crippen LogP) is 3.18. The summed E-state index contributed by atoms with van der Waals surface area (Å²) in [6, 6.07) is 12.1. The van der Waals surface area contributed by atoms with E-state index in [1.807, 2.05) is 6.92 Å². The molecule has 0 aromatic heterocycles. The maximum absolute atomic E-state index is 12.1. The van der Waals surface area contributed by atoms with E-state index in [1.165, 1.54) is 36.4 Å². The van der Waals surface area contributed by atoms with Gasteiger partial charge in [0.2, 0.25) is 0 Å². The SMILES string of the molecule is Cc1ccc(S(=O)(=O)Oc2ccc(C(=O)CCl)cc2)cc1. The van der Waals surface area contributed by atoms with Gasteiger partial charge in [0, 0.05) is 5.56 Å². The fourth-order valence-electron chi connectivity index (χ4n) is 1.65. The van der Waals surface area contributed by atoms with E-state index in [4.69, 9.17) is 15.8 Å². The molecule has 110 valence electrons. The van der Waals surface area contributed by atoms with Crippen molar-refractivity contribution < 1.29 is 17.4 Å². The quantitative estimate of drug-likeness (QED) is 0.481. The lowest BCUT2D eigenvalue weighted by Crippen LogP contribution is -2.10. The van der Waals surface area contributed by atoms with Crippen molar-refractivity contribution in [2.75, 3.05) is 5.88 Å². The summed E-state index contributed by atoms with van der Waals surface area (Å²) in [5.74, 6) is -0.215. The summed E-state index contributed by atoms with van der Waals surface area (Å²) in [6.45, 7) is 1.86. The molecule has 0 atom stereocenters. The van der Waals surface area contributed by atoms with E-state index >= 15 is 0 Å². The van der Waals surface area contributed by atoms with Crippen LogP contribution in [0.2, 0.25) is 0 Å². The molecule has 21 heavy (non-hydrogen) atoms. The zero-order chi connectivity index (χ0) is 15.5. The molecule has 4 nitrogen and oxygen atoms in total. The van der Waals surface area contributed by atoms with E-state index in [-0.39, 0.29) is 22.3 Å². The molecule has 0 aliphatic heterocycles. The first-order valence-electron chi connectivity index (χ1n) is 6.13. The van der Waals surface area contributed by atoms with Gasteiger partial charge in [-0.25, -0.2) is 0 Å². The van der Waals surface area contributed by atoms with Gasteiger partial charge < -0.3 is 4.18 Å². The van der Waals surface area contributed by atoms with E-state index in [2.05, 4.69) is 0 Å². The van der Waals surface area contributed by atoms with E-state index in [0.29, 0.717) is 5.56 Å². The summed E-state index contributed by atoms with van der Waals surface area (Å²) in [4.78, 5) is 11.5. The van der Waals surface area contributed by atoms with E-state index in [1.54, 1.807) is 12.1 Å². The lowest BCUT2D eigenvalue weighted by molar-refractivity contribution is 0.102. The Morgan fingerprint density at radius 3 is 2.14 bits per heavy atom. The Morgan fingerprint density at radius 2 is 1.62 bits per heavy atom. The Hall–Kier alpha value is -1.85. The molecule has 2 aromatic carbocycles. The largest absolute Gasteiger partial charge is 0.379 e. The van der Waals surface area contributed by atoms with Crippen LogP contribution in [0.5, 0.6) is 5.75 Å². The number of halogens is 1. The molecule has 0 spiro atoms. The van der Waals surface area contributed by atoms with Gasteiger partial charge in [0.05, 0.1) is 5.88 Å². The number of hydrogen-bond donors (Lipinski definition) is 0. The number of alkyl halides is 1. The summed E-state index contributed by atoms with van der Waals surface area (Å²) >= 11 is 5.45. The molecule has 0 N–H and O–H groups in total. The summed E-state index contributed by atoms with van der Waals surface area (Å²) < 4.78 is 29.2. The van der Waals surface area contributed by atoms with Gasteiger partial charge in [0.15, 0.2) is 5.78 Å². The van der Waals surface area contributed by atoms with Crippen molar-refractivity contribution in [2.24, 2.45) is 0 Å². The molecule has 0 aliphatic carbocycles. The Kier molecular flexibility index (Phi) is 4.65. The van der Waals surface area contributed by atoms with Crippen molar-refractivity contribution in [3.8, 4) is 5.75 Å². The summed E-state index contributed by atoms with van der Waals surface area (Å²) in [5.41, 5.74) is 1.36. The molecule has 0 bridgehead atoms. The Morgan fingerprint density at radius 1 is 1.05 bits per heavy atom. The van der Waals surface area contributed by atoms with Crippen molar-refractivity contribution in [1.82, 2.24) is 0 Å². The molecular weight excluding hydrogens is 312 g/mol. The second-order valence-corrected chi connectivity index (χ2v) is 6.25. The molecule has 0 radical (unpaired) electrons. The number of carbonyl (C=O) groups is 1. The molecule has 0 heterocycles. The first-order chi connectivity index (χ1) is 9.92. The molecule has 0 saturated heterocycles. The van der Waals surface area contributed by atoms with Crippen LogP contribution in [-0.2, 0) is 10.1 Å². The van der Waals surface area contributed by atoms with Gasteiger partial charge in [-0.05, 0) is 43.3 Å². The smallest absolute Gasteiger partial charge is 0.339 e. The highest BCUT2D eigenvalue weighted by Crippen LogP contribution is 2.19. The van der Waals surface area contributed by atoms with Gasteiger partial charge in [0.1, 0.15) is 10.6 Å². The topological polar surface area (TPSA) is 60.4 Å². The van der Waals surface area contributed by atoms with Gasteiger partial charge in [-0.1, -0.05) is 17.7 Å². The standard InChI is InChI=1S/C15H13ClO4S/c1-11-2-8-14(9-3-11)21(18,19)20-13-6-4-12(5-7-13)15(17)10-16/h2-9H,10H2,1H3. The van der Waals surface area contributed by atoms with Crippen molar-refractivity contribution in [3.63, 3.8) is 0 Å². The lowest BCUT2D eigenvalue weighted by atomic mass is 10.1. The lowest BCUT2D eigenvalue weighted by Gasteiger charge is -2.07. The van der Waals surface area contributed by atoms with Gasteiger partial charge in [-0.3, -0.25) is 4.79 Å². The first kappa shape index (κ1) is 15.5. The van der Waals surface area contributed by atoms with Crippen molar-refractivity contribution >= 4 is 27.5 Å². The van der Waals surface area contributed by atoms with Crippen molar-refractivity contribution in [2.45, 2.75) is 11.8 Å². The second kappa shape index (κ2) is 6.28. The third-order valence-corrected chi connectivity index (χ3v) is 4.32. The highest BCUT2D eigenvalue weighted by atomic mass is 35.5. The molecule has 0 fully saturated rings. The van der Waals surface area contributed by atoms with Gasteiger partial charge >= 0.3 is 10.1 Å².